The summed E-state index contributed by atoms with van der Waals surface area (Å²) in [5, 5.41) is 0. The quantitative estimate of drug-likeness (QED) is 0.552. The van der Waals surface area contributed by atoms with E-state index in [0.29, 0.717) is 0 Å². The molecule has 0 atom stereocenters. The van der Waals surface area contributed by atoms with Crippen molar-refractivity contribution in [2.24, 2.45) is 11.5 Å². The smallest absolute Gasteiger partial charge is 0.161 e. The summed E-state index contributed by atoms with van der Waals surface area (Å²) in [5.41, 5.74) is 9.43. The second-order valence-corrected chi connectivity index (χ2v) is 2.73. The summed E-state index contributed by atoms with van der Waals surface area (Å²) >= 11 is 0. The van der Waals surface area contributed by atoms with Gasteiger partial charge in [0.25, 0.3) is 0 Å². The zero-order chi connectivity index (χ0) is 9.78. The van der Waals surface area contributed by atoms with Gasteiger partial charge in [0.05, 0.1) is 0 Å². The molecule has 70 valence electrons. The van der Waals surface area contributed by atoms with E-state index < -0.39 is 5.54 Å². The van der Waals surface area contributed by atoms with Crippen molar-refractivity contribution in [2.45, 2.75) is 32.2 Å². The van der Waals surface area contributed by atoms with Crippen molar-refractivity contribution in [1.82, 2.24) is 0 Å². The molecule has 0 radical (unpaired) electrons. The van der Waals surface area contributed by atoms with E-state index in [4.69, 9.17) is 11.5 Å². The molecule has 0 aromatic carbocycles. The van der Waals surface area contributed by atoms with Gasteiger partial charge >= 0.3 is 0 Å². The topological polar surface area (TPSA) is 86.2 Å². The summed E-state index contributed by atoms with van der Waals surface area (Å²) in [7, 11) is 0. The molecule has 0 bridgehead atoms. The van der Waals surface area contributed by atoms with Crippen molar-refractivity contribution < 1.29 is 9.59 Å². The fraction of sp³-hybridized carbons (Fsp3) is 0.750. The third-order valence-corrected chi connectivity index (χ3v) is 1.96. The molecular weight excluding hydrogens is 156 g/mol. The Hall–Kier alpha value is -0.740. The third-order valence-electron chi connectivity index (χ3n) is 1.96. The number of hydrogen-bond acceptors (Lipinski definition) is 4. The van der Waals surface area contributed by atoms with E-state index in [1.165, 1.54) is 0 Å². The van der Waals surface area contributed by atoms with Crippen molar-refractivity contribution in [3.8, 4) is 0 Å². The Labute approximate surface area is 72.3 Å². The summed E-state index contributed by atoms with van der Waals surface area (Å²) in [4.78, 5) is 22.5. The SMILES string of the molecule is CCC(=O)C(N)(CN)C(=O)CC. The fourth-order valence-corrected chi connectivity index (χ4v) is 1.01. The highest BCUT2D eigenvalue weighted by Crippen LogP contribution is 2.07. The Bertz CT molecular complexity index is 173. The second-order valence-electron chi connectivity index (χ2n) is 2.73. The monoisotopic (exact) mass is 172 g/mol. The number of Topliss-reactive ketones (excluding diaryl/α,β-unsaturated/α-hetero) is 2. The number of ketones is 2. The maximum Gasteiger partial charge on any atom is 0.161 e. The highest BCUT2D eigenvalue weighted by atomic mass is 16.2. The minimum absolute atomic E-state index is 0.105. The van der Waals surface area contributed by atoms with Crippen LogP contribution in [0.2, 0.25) is 0 Å². The van der Waals surface area contributed by atoms with Crippen LogP contribution in [0.1, 0.15) is 26.7 Å². The van der Waals surface area contributed by atoms with Crippen LogP contribution in [0.5, 0.6) is 0 Å². The summed E-state index contributed by atoms with van der Waals surface area (Å²) in [6.07, 6.45) is 0.499. The van der Waals surface area contributed by atoms with E-state index in [0.717, 1.165) is 0 Å². The van der Waals surface area contributed by atoms with Crippen LogP contribution >= 0.6 is 0 Å². The minimum atomic E-state index is -1.44. The lowest BCUT2D eigenvalue weighted by Gasteiger charge is -2.23. The van der Waals surface area contributed by atoms with Crippen LogP contribution in [-0.2, 0) is 9.59 Å². The standard InChI is InChI=1S/C8H16N2O2/c1-3-6(11)8(10,5-9)7(12)4-2/h3-5,9-10H2,1-2H3. The molecule has 4 N–H and O–H groups in total. The number of carbonyl (C=O) groups is 2. The first-order chi connectivity index (χ1) is 5.52. The molecule has 0 aromatic rings. The third kappa shape index (κ3) is 1.89. The van der Waals surface area contributed by atoms with Gasteiger partial charge in [-0.3, -0.25) is 9.59 Å². The Balaban J connectivity index is 4.66. The van der Waals surface area contributed by atoms with E-state index in [1.807, 2.05) is 0 Å². The van der Waals surface area contributed by atoms with E-state index in [-0.39, 0.29) is 31.0 Å². The van der Waals surface area contributed by atoms with Gasteiger partial charge in [-0.05, 0) is 0 Å². The lowest BCUT2D eigenvalue weighted by atomic mass is 9.87. The Morgan fingerprint density at radius 2 is 1.50 bits per heavy atom. The second kappa shape index (κ2) is 4.33. The highest BCUT2D eigenvalue weighted by molar-refractivity contribution is 6.11. The predicted octanol–water partition coefficient (Wildman–Crippen LogP) is -0.399. The summed E-state index contributed by atoms with van der Waals surface area (Å²) < 4.78 is 0. The zero-order valence-corrected chi connectivity index (χ0v) is 7.59. The molecular formula is C8H16N2O2. The van der Waals surface area contributed by atoms with Crippen molar-refractivity contribution in [1.29, 1.82) is 0 Å². The van der Waals surface area contributed by atoms with E-state index in [2.05, 4.69) is 0 Å². The first-order valence-corrected chi connectivity index (χ1v) is 4.08. The molecule has 0 spiro atoms. The van der Waals surface area contributed by atoms with Crippen LogP contribution in [0.3, 0.4) is 0 Å². The van der Waals surface area contributed by atoms with Crippen molar-refractivity contribution in [3.63, 3.8) is 0 Å². The van der Waals surface area contributed by atoms with Gasteiger partial charge in [0.15, 0.2) is 11.6 Å². The maximum atomic E-state index is 11.2. The first-order valence-electron chi connectivity index (χ1n) is 4.08. The Morgan fingerprint density at radius 3 is 1.67 bits per heavy atom. The van der Waals surface area contributed by atoms with Crippen molar-refractivity contribution >= 4 is 11.6 Å². The molecule has 0 unspecified atom stereocenters. The minimum Gasteiger partial charge on any atom is -0.328 e. The van der Waals surface area contributed by atoms with Crippen LogP contribution in [-0.4, -0.2) is 23.7 Å². The molecule has 0 amide bonds. The molecule has 0 aliphatic heterocycles. The normalized spacial score (nSPS) is 11.3. The molecule has 0 heterocycles. The van der Waals surface area contributed by atoms with Gasteiger partial charge in [0, 0.05) is 19.4 Å². The molecule has 0 aromatic heterocycles. The van der Waals surface area contributed by atoms with Crippen LogP contribution < -0.4 is 11.5 Å². The van der Waals surface area contributed by atoms with E-state index in [1.54, 1.807) is 13.8 Å². The van der Waals surface area contributed by atoms with Crippen molar-refractivity contribution in [2.75, 3.05) is 6.54 Å². The predicted molar refractivity (Wildman–Crippen MR) is 46.6 cm³/mol. The first kappa shape index (κ1) is 11.3. The number of nitrogens with two attached hydrogens (primary N) is 2. The van der Waals surface area contributed by atoms with Crippen LogP contribution in [0.4, 0.5) is 0 Å². The van der Waals surface area contributed by atoms with Crippen LogP contribution in [0.25, 0.3) is 0 Å². The van der Waals surface area contributed by atoms with Crippen LogP contribution in [0.15, 0.2) is 0 Å². The maximum absolute atomic E-state index is 11.2. The molecule has 12 heavy (non-hydrogen) atoms. The average molecular weight is 172 g/mol. The number of rotatable bonds is 5. The highest BCUT2D eigenvalue weighted by Gasteiger charge is 2.37. The zero-order valence-electron chi connectivity index (χ0n) is 7.59. The molecule has 4 nitrogen and oxygen atoms in total. The number of hydrogen-bond donors (Lipinski definition) is 2. The molecule has 0 aliphatic carbocycles. The van der Waals surface area contributed by atoms with E-state index in [9.17, 15) is 9.59 Å². The van der Waals surface area contributed by atoms with Gasteiger partial charge in [-0.2, -0.15) is 0 Å². The van der Waals surface area contributed by atoms with Gasteiger partial charge < -0.3 is 11.5 Å². The Kier molecular flexibility index (Phi) is 4.06. The molecule has 0 saturated carbocycles. The molecule has 0 saturated heterocycles. The van der Waals surface area contributed by atoms with Gasteiger partial charge in [-0.15, -0.1) is 0 Å². The molecule has 4 heteroatoms. The van der Waals surface area contributed by atoms with E-state index >= 15 is 0 Å². The van der Waals surface area contributed by atoms with Gasteiger partial charge in [0.2, 0.25) is 0 Å². The summed E-state index contributed by atoms with van der Waals surface area (Å²) in [6.45, 7) is 3.23. The fourth-order valence-electron chi connectivity index (χ4n) is 1.01. The molecule has 0 aliphatic rings. The van der Waals surface area contributed by atoms with Crippen LogP contribution in [0, 0.1) is 0 Å². The van der Waals surface area contributed by atoms with Gasteiger partial charge in [0.1, 0.15) is 5.54 Å². The lowest BCUT2D eigenvalue weighted by molar-refractivity contribution is -0.133. The summed E-state index contributed by atoms with van der Waals surface area (Å²) in [6, 6.07) is 0. The van der Waals surface area contributed by atoms with Gasteiger partial charge in [-0.1, -0.05) is 13.8 Å². The largest absolute Gasteiger partial charge is 0.328 e. The van der Waals surface area contributed by atoms with Gasteiger partial charge in [-0.25, -0.2) is 0 Å². The Morgan fingerprint density at radius 1 is 1.17 bits per heavy atom. The molecule has 0 fully saturated rings. The number of carbonyl (C=O) groups excluding carboxylic acids is 2. The lowest BCUT2D eigenvalue weighted by Crippen LogP contribution is -2.59. The average Bonchev–Trinajstić information content (AvgIpc) is 2.13. The van der Waals surface area contributed by atoms with Crippen molar-refractivity contribution in [3.05, 3.63) is 0 Å². The molecule has 0 rings (SSSR count). The summed E-state index contributed by atoms with van der Waals surface area (Å²) in [5.74, 6) is -0.561.